The molecule has 0 spiro atoms. The molecule has 2 aromatic carbocycles. The average Bonchev–Trinajstić information content (AvgIpc) is 3.18. The molecule has 192 valence electrons. The molecular formula is C27H37F2NO4Si. The first-order valence-corrected chi connectivity index (χ1v) is 13.9. The first kappa shape index (κ1) is 27.3. The van der Waals surface area contributed by atoms with Gasteiger partial charge in [-0.05, 0) is 42.6 Å². The molecule has 2 aromatic rings. The zero-order valence-corrected chi connectivity index (χ0v) is 22.5. The van der Waals surface area contributed by atoms with Gasteiger partial charge >= 0.3 is 12.7 Å². The molecule has 1 aliphatic rings. The predicted octanol–water partition coefficient (Wildman–Crippen LogP) is 5.18. The summed E-state index contributed by atoms with van der Waals surface area (Å²) in [5.41, 5.74) is -0.706. The molecule has 1 saturated heterocycles. The van der Waals surface area contributed by atoms with Crippen molar-refractivity contribution in [3.05, 3.63) is 60.7 Å². The molecular weight excluding hydrogens is 468 g/mol. The number of benzene rings is 2. The van der Waals surface area contributed by atoms with Crippen molar-refractivity contribution in [2.24, 2.45) is 0 Å². The highest BCUT2D eigenvalue weighted by molar-refractivity contribution is 6.99. The number of alkyl halides is 2. The van der Waals surface area contributed by atoms with Gasteiger partial charge in [0.2, 0.25) is 0 Å². The fraction of sp³-hybridized carbons (Fsp3) is 0.519. The summed E-state index contributed by atoms with van der Waals surface area (Å²) < 4.78 is 43.1. The summed E-state index contributed by atoms with van der Waals surface area (Å²) >= 11 is 0. The van der Waals surface area contributed by atoms with Gasteiger partial charge < -0.3 is 18.8 Å². The molecule has 0 saturated carbocycles. The molecule has 0 aromatic heterocycles. The molecule has 1 aliphatic heterocycles. The molecule has 3 rings (SSSR count). The van der Waals surface area contributed by atoms with Crippen LogP contribution in [-0.2, 0) is 13.9 Å². The maximum Gasteiger partial charge on any atom is 0.410 e. The van der Waals surface area contributed by atoms with Gasteiger partial charge in [0.05, 0.1) is 18.8 Å². The number of halogens is 2. The maximum absolute atomic E-state index is 13.0. The molecule has 35 heavy (non-hydrogen) atoms. The summed E-state index contributed by atoms with van der Waals surface area (Å²) in [4.78, 5) is 14.5. The van der Waals surface area contributed by atoms with Crippen LogP contribution in [0, 0.1) is 0 Å². The van der Waals surface area contributed by atoms with Crippen LogP contribution < -0.4 is 10.4 Å². The lowest BCUT2D eigenvalue weighted by molar-refractivity contribution is -0.138. The van der Waals surface area contributed by atoms with Gasteiger partial charge in [0.15, 0.2) is 0 Å². The summed E-state index contributed by atoms with van der Waals surface area (Å²) in [5.74, 6) is 0. The molecule has 0 N–H and O–H groups in total. The largest absolute Gasteiger partial charge is 0.444 e. The minimum absolute atomic E-state index is 0.246. The summed E-state index contributed by atoms with van der Waals surface area (Å²) in [6.07, 6.45) is -0.523. The van der Waals surface area contributed by atoms with Gasteiger partial charge in [0, 0.05) is 6.54 Å². The Morgan fingerprint density at radius 2 is 1.49 bits per heavy atom. The molecule has 1 heterocycles. The lowest BCUT2D eigenvalue weighted by Gasteiger charge is -2.44. The van der Waals surface area contributed by atoms with E-state index >= 15 is 0 Å². The van der Waals surface area contributed by atoms with Crippen molar-refractivity contribution < 1.29 is 27.5 Å². The van der Waals surface area contributed by atoms with Crippen LogP contribution in [0.3, 0.4) is 0 Å². The molecule has 1 fully saturated rings. The SMILES string of the molecule is CC(C)(C)OC(=O)N1C[C@H](O[Si](c2ccccc2)(c2ccccc2)C(C)(C)C)C[C@@H]1COC(F)F. The smallest absolute Gasteiger partial charge is 0.410 e. The highest BCUT2D eigenvalue weighted by Crippen LogP contribution is 2.39. The number of hydrogen-bond donors (Lipinski definition) is 0. The van der Waals surface area contributed by atoms with E-state index in [9.17, 15) is 13.6 Å². The number of carbonyl (C=O) groups is 1. The van der Waals surface area contributed by atoms with Crippen LogP contribution in [0.15, 0.2) is 60.7 Å². The Kier molecular flexibility index (Phi) is 8.39. The Morgan fingerprint density at radius 1 is 0.971 bits per heavy atom. The molecule has 0 radical (unpaired) electrons. The zero-order valence-electron chi connectivity index (χ0n) is 21.5. The first-order chi connectivity index (χ1) is 16.3. The van der Waals surface area contributed by atoms with E-state index in [0.717, 1.165) is 10.4 Å². The van der Waals surface area contributed by atoms with Gasteiger partial charge in [0.25, 0.3) is 8.32 Å². The summed E-state index contributed by atoms with van der Waals surface area (Å²) in [6.45, 7) is 8.93. The van der Waals surface area contributed by atoms with Crippen molar-refractivity contribution in [1.29, 1.82) is 0 Å². The molecule has 0 unspecified atom stereocenters. The van der Waals surface area contributed by atoms with Gasteiger partial charge in [-0.15, -0.1) is 0 Å². The minimum Gasteiger partial charge on any atom is -0.444 e. The minimum atomic E-state index is -2.91. The molecule has 0 bridgehead atoms. The average molecular weight is 506 g/mol. The summed E-state index contributed by atoms with van der Waals surface area (Å²) in [6, 6.07) is 19.8. The van der Waals surface area contributed by atoms with Gasteiger partial charge in [-0.2, -0.15) is 8.78 Å². The lowest BCUT2D eigenvalue weighted by atomic mass is 10.2. The van der Waals surface area contributed by atoms with Gasteiger partial charge in [-0.3, -0.25) is 0 Å². The van der Waals surface area contributed by atoms with E-state index in [2.05, 4.69) is 49.8 Å². The maximum atomic E-state index is 13.0. The van der Waals surface area contributed by atoms with E-state index in [1.807, 2.05) is 36.4 Å². The Hall–Kier alpha value is -2.29. The first-order valence-electron chi connectivity index (χ1n) is 12.0. The molecule has 2 atom stereocenters. The van der Waals surface area contributed by atoms with E-state index < -0.39 is 32.7 Å². The van der Waals surface area contributed by atoms with Crippen LogP contribution >= 0.6 is 0 Å². The Bertz CT molecular complexity index is 921. The second-order valence-corrected chi connectivity index (χ2v) is 15.3. The lowest BCUT2D eigenvalue weighted by Crippen LogP contribution is -2.67. The number of nitrogens with zero attached hydrogens (tertiary/aromatic N) is 1. The van der Waals surface area contributed by atoms with E-state index in [4.69, 9.17) is 9.16 Å². The van der Waals surface area contributed by atoms with Gasteiger partial charge in [-0.25, -0.2) is 4.79 Å². The Morgan fingerprint density at radius 3 is 1.91 bits per heavy atom. The monoisotopic (exact) mass is 505 g/mol. The van der Waals surface area contributed by atoms with Crippen molar-refractivity contribution >= 4 is 24.8 Å². The van der Waals surface area contributed by atoms with Crippen molar-refractivity contribution in [3.63, 3.8) is 0 Å². The summed E-state index contributed by atoms with van der Waals surface area (Å²) in [5, 5.41) is 1.99. The van der Waals surface area contributed by atoms with E-state index in [-0.39, 0.29) is 24.3 Å². The van der Waals surface area contributed by atoms with Crippen LogP contribution in [-0.4, -0.2) is 56.8 Å². The fourth-order valence-electron chi connectivity index (χ4n) is 4.79. The Labute approximate surface area is 208 Å². The molecule has 8 heteroatoms. The highest BCUT2D eigenvalue weighted by Gasteiger charge is 2.53. The van der Waals surface area contributed by atoms with Crippen molar-refractivity contribution in [1.82, 2.24) is 4.90 Å². The number of likely N-dealkylation sites (tertiary alicyclic amines) is 1. The van der Waals surface area contributed by atoms with Crippen LogP contribution in [0.4, 0.5) is 13.6 Å². The van der Waals surface area contributed by atoms with Crippen molar-refractivity contribution in [2.45, 2.75) is 77.4 Å². The van der Waals surface area contributed by atoms with E-state index in [1.54, 1.807) is 20.8 Å². The standard InChI is InChI=1S/C27H37F2NO4Si/c1-26(2,3)33-25(31)30-18-21(17-20(30)19-32-24(28)29)34-35(27(4,5)6,22-13-9-7-10-14-22)23-15-11-8-12-16-23/h7-16,20-21,24H,17-19H2,1-6H3/t20-,21-/m1/s1. The number of rotatable bonds is 7. The number of amides is 1. The third-order valence-corrected chi connectivity index (χ3v) is 11.3. The Balaban J connectivity index is 2.00. The van der Waals surface area contributed by atoms with E-state index in [1.165, 1.54) is 4.90 Å². The van der Waals surface area contributed by atoms with Crippen LogP contribution in [0.5, 0.6) is 0 Å². The number of carbonyl (C=O) groups excluding carboxylic acids is 1. The highest BCUT2D eigenvalue weighted by atomic mass is 28.4. The quantitative estimate of drug-likeness (QED) is 0.487. The van der Waals surface area contributed by atoms with E-state index in [0.29, 0.717) is 6.42 Å². The summed E-state index contributed by atoms with van der Waals surface area (Å²) in [7, 11) is -2.87. The van der Waals surface area contributed by atoms with Gasteiger partial charge in [0.1, 0.15) is 5.60 Å². The van der Waals surface area contributed by atoms with Crippen LogP contribution in [0.1, 0.15) is 48.0 Å². The molecule has 5 nitrogen and oxygen atoms in total. The second-order valence-electron chi connectivity index (χ2n) is 11.0. The molecule has 1 amide bonds. The van der Waals surface area contributed by atoms with Crippen molar-refractivity contribution in [2.75, 3.05) is 13.2 Å². The van der Waals surface area contributed by atoms with Gasteiger partial charge in [-0.1, -0.05) is 81.4 Å². The fourth-order valence-corrected chi connectivity index (χ4v) is 9.47. The topological polar surface area (TPSA) is 48.0 Å². The van der Waals surface area contributed by atoms with Crippen LogP contribution in [0.25, 0.3) is 0 Å². The third-order valence-electron chi connectivity index (χ3n) is 6.18. The number of ether oxygens (including phenoxy) is 2. The van der Waals surface area contributed by atoms with Crippen molar-refractivity contribution in [3.8, 4) is 0 Å². The van der Waals surface area contributed by atoms with Crippen LogP contribution in [0.2, 0.25) is 5.04 Å². The normalized spacial score (nSPS) is 19.3. The third kappa shape index (κ3) is 6.48. The number of hydrogen-bond acceptors (Lipinski definition) is 4. The molecule has 0 aliphatic carbocycles. The predicted molar refractivity (Wildman–Crippen MR) is 136 cm³/mol. The second kappa shape index (κ2) is 10.8. The zero-order chi connectivity index (χ0) is 25.9.